The number of benzene rings is 2. The fourth-order valence-corrected chi connectivity index (χ4v) is 2.97. The molecule has 0 unspecified atom stereocenters. The molecule has 23 heavy (non-hydrogen) atoms. The van der Waals surface area contributed by atoms with Gasteiger partial charge in [-0.2, -0.15) is 0 Å². The Morgan fingerprint density at radius 1 is 1.00 bits per heavy atom. The van der Waals surface area contributed by atoms with Gasteiger partial charge >= 0.3 is 0 Å². The number of thiazole rings is 1. The highest BCUT2D eigenvalue weighted by atomic mass is 32.1. The molecule has 0 atom stereocenters. The fourth-order valence-electron chi connectivity index (χ4n) is 2.18. The second kappa shape index (κ2) is 6.54. The van der Waals surface area contributed by atoms with Gasteiger partial charge in [0.2, 0.25) is 0 Å². The van der Waals surface area contributed by atoms with E-state index in [0.717, 1.165) is 10.4 Å². The van der Waals surface area contributed by atoms with Crippen molar-refractivity contribution in [2.24, 2.45) is 0 Å². The summed E-state index contributed by atoms with van der Waals surface area (Å²) in [7, 11) is 0. The first-order chi connectivity index (χ1) is 11.1. The van der Waals surface area contributed by atoms with Crippen LogP contribution in [0.25, 0.3) is 10.4 Å². The number of carbonyl (C=O) groups is 2. The number of hydrogen-bond donors (Lipinski definition) is 1. The molecule has 0 fully saturated rings. The Labute approximate surface area is 137 Å². The zero-order valence-corrected chi connectivity index (χ0v) is 13.3. The van der Waals surface area contributed by atoms with Gasteiger partial charge in [0, 0.05) is 11.3 Å². The summed E-state index contributed by atoms with van der Waals surface area (Å²) < 4.78 is 0. The zero-order valence-electron chi connectivity index (χ0n) is 12.4. The minimum Gasteiger partial charge on any atom is -0.321 e. The van der Waals surface area contributed by atoms with Gasteiger partial charge in [-0.3, -0.25) is 9.59 Å². The van der Waals surface area contributed by atoms with Gasteiger partial charge in [0.05, 0.1) is 10.4 Å². The van der Waals surface area contributed by atoms with Crippen molar-refractivity contribution in [3.8, 4) is 10.4 Å². The molecule has 4 nitrogen and oxygen atoms in total. The molecular formula is C18H14N2O2S. The maximum atomic E-state index is 12.5. The number of amides is 1. The zero-order chi connectivity index (χ0) is 16.2. The van der Waals surface area contributed by atoms with E-state index in [1.54, 1.807) is 29.8 Å². The summed E-state index contributed by atoms with van der Waals surface area (Å²) in [6, 6.07) is 16.5. The second-order valence-corrected chi connectivity index (χ2v) is 5.84. The average Bonchev–Trinajstić information content (AvgIpc) is 3.06. The lowest BCUT2D eigenvalue weighted by Crippen LogP contribution is -2.13. The summed E-state index contributed by atoms with van der Waals surface area (Å²) in [5, 5.41) is 2.81. The second-order valence-electron chi connectivity index (χ2n) is 4.98. The van der Waals surface area contributed by atoms with Crippen LogP contribution < -0.4 is 5.32 Å². The van der Waals surface area contributed by atoms with Crippen molar-refractivity contribution in [3.63, 3.8) is 0 Å². The Bertz CT molecular complexity index is 839. The van der Waals surface area contributed by atoms with Crippen LogP contribution in [0.5, 0.6) is 0 Å². The topological polar surface area (TPSA) is 59.1 Å². The minimum atomic E-state index is -0.263. The molecule has 1 aromatic heterocycles. The molecule has 1 N–H and O–H groups in total. The van der Waals surface area contributed by atoms with Crippen molar-refractivity contribution < 1.29 is 9.59 Å². The fraction of sp³-hybridized carbons (Fsp3) is 0.0556. The van der Waals surface area contributed by atoms with E-state index in [9.17, 15) is 9.59 Å². The maximum Gasteiger partial charge on any atom is 0.275 e. The van der Waals surface area contributed by atoms with E-state index in [1.807, 2.05) is 30.3 Å². The van der Waals surface area contributed by atoms with Crippen LogP contribution in [0.2, 0.25) is 0 Å². The Morgan fingerprint density at radius 2 is 1.70 bits per heavy atom. The van der Waals surface area contributed by atoms with Crippen LogP contribution in [-0.4, -0.2) is 16.7 Å². The molecule has 0 aliphatic heterocycles. The molecule has 0 saturated carbocycles. The summed E-state index contributed by atoms with van der Waals surface area (Å²) in [5.41, 5.74) is 4.27. The third-order valence-corrected chi connectivity index (χ3v) is 4.24. The largest absolute Gasteiger partial charge is 0.321 e. The van der Waals surface area contributed by atoms with Crippen molar-refractivity contribution >= 4 is 28.7 Å². The molecule has 3 rings (SSSR count). The van der Waals surface area contributed by atoms with E-state index in [4.69, 9.17) is 0 Å². The summed E-state index contributed by atoms with van der Waals surface area (Å²) in [6.45, 7) is 1.51. The van der Waals surface area contributed by atoms with Crippen LogP contribution in [0.15, 0.2) is 60.1 Å². The number of anilines is 1. The standard InChI is InChI=1S/C18H14N2O2S/c1-12(21)13-7-9-15(10-8-13)20-18(22)16-17(23-11-19-16)14-5-3-2-4-6-14/h2-11H,1H3,(H,20,22). The molecule has 114 valence electrons. The number of ketones is 1. The predicted octanol–water partition coefficient (Wildman–Crippen LogP) is 4.27. The highest BCUT2D eigenvalue weighted by Crippen LogP contribution is 2.28. The van der Waals surface area contributed by atoms with Gasteiger partial charge in [-0.05, 0) is 36.8 Å². The van der Waals surface area contributed by atoms with E-state index < -0.39 is 0 Å². The molecule has 3 aromatic rings. The normalized spacial score (nSPS) is 10.3. The van der Waals surface area contributed by atoms with Crippen molar-refractivity contribution in [2.45, 2.75) is 6.92 Å². The van der Waals surface area contributed by atoms with Crippen LogP contribution in [0, 0.1) is 0 Å². The number of nitrogens with one attached hydrogen (secondary N) is 1. The summed E-state index contributed by atoms with van der Waals surface area (Å²) in [5.74, 6) is -0.269. The number of carbonyl (C=O) groups excluding carboxylic acids is 2. The van der Waals surface area contributed by atoms with Crippen LogP contribution >= 0.6 is 11.3 Å². The molecule has 0 spiro atoms. The van der Waals surface area contributed by atoms with Crippen LogP contribution in [0.1, 0.15) is 27.8 Å². The van der Waals surface area contributed by atoms with E-state index in [0.29, 0.717) is 16.9 Å². The van der Waals surface area contributed by atoms with Gasteiger partial charge in [-0.15, -0.1) is 11.3 Å². The van der Waals surface area contributed by atoms with Gasteiger partial charge in [0.25, 0.3) is 5.91 Å². The molecule has 1 amide bonds. The molecule has 0 saturated heterocycles. The molecular weight excluding hydrogens is 308 g/mol. The van der Waals surface area contributed by atoms with Crippen LogP contribution in [-0.2, 0) is 0 Å². The Hall–Kier alpha value is -2.79. The molecule has 5 heteroatoms. The molecule has 0 aliphatic carbocycles. The molecule has 0 radical (unpaired) electrons. The highest BCUT2D eigenvalue weighted by molar-refractivity contribution is 7.13. The van der Waals surface area contributed by atoms with Crippen LogP contribution in [0.4, 0.5) is 5.69 Å². The molecule has 2 aromatic carbocycles. The van der Waals surface area contributed by atoms with Crippen molar-refractivity contribution in [2.75, 3.05) is 5.32 Å². The number of nitrogens with zero attached hydrogens (tertiary/aromatic N) is 1. The van der Waals surface area contributed by atoms with Gasteiger partial charge in [0.1, 0.15) is 5.69 Å². The van der Waals surface area contributed by atoms with E-state index in [2.05, 4.69) is 10.3 Å². The van der Waals surface area contributed by atoms with E-state index in [1.165, 1.54) is 18.3 Å². The van der Waals surface area contributed by atoms with E-state index in [-0.39, 0.29) is 11.7 Å². The lowest BCUT2D eigenvalue weighted by molar-refractivity contribution is 0.101. The molecule has 0 bridgehead atoms. The Balaban J connectivity index is 1.82. The lowest BCUT2D eigenvalue weighted by Gasteiger charge is -2.06. The minimum absolute atomic E-state index is 0.00579. The predicted molar refractivity (Wildman–Crippen MR) is 91.9 cm³/mol. The third-order valence-electron chi connectivity index (χ3n) is 3.37. The number of aromatic nitrogens is 1. The van der Waals surface area contributed by atoms with Gasteiger partial charge in [-0.25, -0.2) is 4.98 Å². The van der Waals surface area contributed by atoms with Crippen molar-refractivity contribution in [1.82, 2.24) is 4.98 Å². The summed E-state index contributed by atoms with van der Waals surface area (Å²) in [4.78, 5) is 28.7. The monoisotopic (exact) mass is 322 g/mol. The van der Waals surface area contributed by atoms with Gasteiger partial charge in [0.15, 0.2) is 5.78 Å². The summed E-state index contributed by atoms with van der Waals surface area (Å²) >= 11 is 1.43. The average molecular weight is 322 g/mol. The first-order valence-electron chi connectivity index (χ1n) is 7.06. The van der Waals surface area contributed by atoms with Crippen molar-refractivity contribution in [3.05, 3.63) is 71.4 Å². The lowest BCUT2D eigenvalue weighted by atomic mass is 10.1. The Morgan fingerprint density at radius 3 is 2.35 bits per heavy atom. The highest BCUT2D eigenvalue weighted by Gasteiger charge is 2.16. The number of rotatable bonds is 4. The number of Topliss-reactive ketones (excluding diaryl/α,β-unsaturated/α-hetero) is 1. The van der Waals surface area contributed by atoms with Gasteiger partial charge in [-0.1, -0.05) is 30.3 Å². The smallest absolute Gasteiger partial charge is 0.275 e. The first kappa shape index (κ1) is 15.1. The third kappa shape index (κ3) is 3.35. The van der Waals surface area contributed by atoms with Crippen LogP contribution in [0.3, 0.4) is 0 Å². The quantitative estimate of drug-likeness (QED) is 0.730. The van der Waals surface area contributed by atoms with Gasteiger partial charge < -0.3 is 5.32 Å². The maximum absolute atomic E-state index is 12.5. The molecule has 1 heterocycles. The summed E-state index contributed by atoms with van der Waals surface area (Å²) in [6.07, 6.45) is 0. The Kier molecular flexibility index (Phi) is 4.30. The molecule has 0 aliphatic rings. The first-order valence-corrected chi connectivity index (χ1v) is 7.94. The SMILES string of the molecule is CC(=O)c1ccc(NC(=O)c2ncsc2-c2ccccc2)cc1. The van der Waals surface area contributed by atoms with Crippen molar-refractivity contribution in [1.29, 1.82) is 0 Å². The number of hydrogen-bond acceptors (Lipinski definition) is 4. The van der Waals surface area contributed by atoms with E-state index >= 15 is 0 Å².